The second kappa shape index (κ2) is 6.91. The van der Waals surface area contributed by atoms with E-state index in [0.29, 0.717) is 22.9 Å². The third-order valence-corrected chi connectivity index (χ3v) is 3.18. The molecule has 1 aromatic heterocycles. The van der Waals surface area contributed by atoms with Crippen molar-refractivity contribution in [2.24, 2.45) is 0 Å². The molecule has 1 heterocycles. The largest absolute Gasteiger partial charge is 0.495 e. The lowest BCUT2D eigenvalue weighted by molar-refractivity contribution is -0.105. The number of aromatic nitrogens is 1. The molecule has 1 aromatic carbocycles. The first kappa shape index (κ1) is 15.8. The number of carbonyl (C=O) groups excluding carboxylic acids is 2. The molecule has 22 heavy (non-hydrogen) atoms. The van der Waals surface area contributed by atoms with Gasteiger partial charge in [0.05, 0.1) is 31.7 Å². The van der Waals surface area contributed by atoms with E-state index in [1.165, 1.54) is 32.5 Å². The van der Waals surface area contributed by atoms with Gasteiger partial charge in [-0.15, -0.1) is 0 Å². The summed E-state index contributed by atoms with van der Waals surface area (Å²) in [5, 5.41) is 2.84. The van der Waals surface area contributed by atoms with E-state index < -0.39 is 5.78 Å². The molecule has 1 amide bonds. The molecule has 0 unspecified atom stereocenters. The van der Waals surface area contributed by atoms with Crippen molar-refractivity contribution in [2.75, 3.05) is 19.5 Å². The van der Waals surface area contributed by atoms with Crippen LogP contribution in [0.3, 0.4) is 0 Å². The topological polar surface area (TPSA) is 77.5 Å². The highest BCUT2D eigenvalue weighted by atomic mass is 35.5. The minimum absolute atomic E-state index is 0.155. The van der Waals surface area contributed by atoms with Gasteiger partial charge in [0.15, 0.2) is 0 Å². The lowest BCUT2D eigenvalue weighted by atomic mass is 10.0. The van der Waals surface area contributed by atoms with Gasteiger partial charge in [-0.3, -0.25) is 9.59 Å². The Balaban J connectivity index is 2.56. The summed E-state index contributed by atoms with van der Waals surface area (Å²) in [7, 11) is 2.88. The van der Waals surface area contributed by atoms with E-state index in [1.54, 1.807) is 12.1 Å². The number of halogens is 1. The van der Waals surface area contributed by atoms with Gasteiger partial charge < -0.3 is 14.8 Å². The van der Waals surface area contributed by atoms with Crippen LogP contribution in [0.2, 0.25) is 5.02 Å². The van der Waals surface area contributed by atoms with Crippen LogP contribution in [0.5, 0.6) is 11.6 Å². The normalized spacial score (nSPS) is 9.95. The summed E-state index contributed by atoms with van der Waals surface area (Å²) in [6.45, 7) is 0. The lowest BCUT2D eigenvalue weighted by Crippen LogP contribution is -2.09. The van der Waals surface area contributed by atoms with Crippen molar-refractivity contribution in [3.63, 3.8) is 0 Å². The number of carbonyl (C=O) groups is 2. The summed E-state index contributed by atoms with van der Waals surface area (Å²) in [6, 6.07) is 6.10. The predicted octanol–water partition coefficient (Wildman–Crippen LogP) is 2.55. The highest BCUT2D eigenvalue weighted by Crippen LogP contribution is 2.28. The molecule has 0 saturated carbocycles. The standard InChI is InChI=1S/C15H13ClN2O4/c1-21-10-6-12(15(22-2)17-7-10)14(20)11-5-9(16)3-4-13(11)18-8-19/h3-8H,1-2H3,(H,18,19). The Morgan fingerprint density at radius 1 is 1.23 bits per heavy atom. The van der Waals surface area contributed by atoms with Gasteiger partial charge in [0.2, 0.25) is 18.1 Å². The average molecular weight is 321 g/mol. The van der Waals surface area contributed by atoms with Gasteiger partial charge in [-0.05, 0) is 24.3 Å². The zero-order valence-corrected chi connectivity index (χ0v) is 12.7. The van der Waals surface area contributed by atoms with Crippen molar-refractivity contribution >= 4 is 29.5 Å². The molecule has 0 aliphatic rings. The first-order valence-electron chi connectivity index (χ1n) is 6.23. The molecule has 0 fully saturated rings. The molecule has 2 aromatic rings. The maximum Gasteiger partial charge on any atom is 0.224 e. The fourth-order valence-electron chi connectivity index (χ4n) is 1.91. The summed E-state index contributed by atoms with van der Waals surface area (Å²) in [6.07, 6.45) is 1.93. The summed E-state index contributed by atoms with van der Waals surface area (Å²) >= 11 is 5.94. The summed E-state index contributed by atoms with van der Waals surface area (Å²) in [5.74, 6) is 0.175. The van der Waals surface area contributed by atoms with Gasteiger partial charge in [0, 0.05) is 10.6 Å². The smallest absolute Gasteiger partial charge is 0.224 e. The maximum absolute atomic E-state index is 12.8. The number of pyridine rings is 1. The van der Waals surface area contributed by atoms with E-state index in [1.807, 2.05) is 0 Å². The van der Waals surface area contributed by atoms with Crippen molar-refractivity contribution in [2.45, 2.75) is 0 Å². The molecule has 0 saturated heterocycles. The molecule has 0 aliphatic carbocycles. The highest BCUT2D eigenvalue weighted by molar-refractivity contribution is 6.31. The summed E-state index contributed by atoms with van der Waals surface area (Å²) in [5.41, 5.74) is 0.778. The van der Waals surface area contributed by atoms with E-state index in [2.05, 4.69) is 10.3 Å². The number of hydrogen-bond donors (Lipinski definition) is 1. The second-order valence-electron chi connectivity index (χ2n) is 4.21. The van der Waals surface area contributed by atoms with Crippen LogP contribution in [-0.4, -0.2) is 31.4 Å². The van der Waals surface area contributed by atoms with Crippen molar-refractivity contribution in [1.29, 1.82) is 0 Å². The number of ketones is 1. The van der Waals surface area contributed by atoms with E-state index in [4.69, 9.17) is 21.1 Å². The summed E-state index contributed by atoms with van der Waals surface area (Å²) < 4.78 is 10.2. The third kappa shape index (κ3) is 3.17. The Hall–Kier alpha value is -2.60. The highest BCUT2D eigenvalue weighted by Gasteiger charge is 2.20. The minimum atomic E-state index is -0.393. The molecule has 0 spiro atoms. The Bertz CT molecular complexity index is 719. The van der Waals surface area contributed by atoms with Gasteiger partial charge in [0.25, 0.3) is 0 Å². The van der Waals surface area contributed by atoms with Crippen LogP contribution >= 0.6 is 11.6 Å². The fourth-order valence-corrected chi connectivity index (χ4v) is 2.08. The number of ether oxygens (including phenoxy) is 2. The lowest BCUT2D eigenvalue weighted by Gasteiger charge is -2.11. The van der Waals surface area contributed by atoms with Crippen molar-refractivity contribution in [3.8, 4) is 11.6 Å². The van der Waals surface area contributed by atoms with E-state index >= 15 is 0 Å². The molecule has 2 rings (SSSR count). The third-order valence-electron chi connectivity index (χ3n) is 2.94. The quantitative estimate of drug-likeness (QED) is 0.653. The van der Waals surface area contributed by atoms with Gasteiger partial charge in [0.1, 0.15) is 5.75 Å². The number of benzene rings is 1. The molecule has 6 nitrogen and oxygen atoms in total. The summed E-state index contributed by atoms with van der Waals surface area (Å²) in [4.78, 5) is 27.5. The fraction of sp³-hybridized carbons (Fsp3) is 0.133. The zero-order valence-electron chi connectivity index (χ0n) is 11.9. The SMILES string of the molecule is COc1cnc(OC)c(C(=O)c2cc(Cl)ccc2NC=O)c1. The van der Waals surface area contributed by atoms with Crippen LogP contribution in [0.25, 0.3) is 0 Å². The molecule has 0 aliphatic heterocycles. The zero-order chi connectivity index (χ0) is 16.1. The number of rotatable bonds is 6. The number of amides is 1. The molecular weight excluding hydrogens is 308 g/mol. The predicted molar refractivity (Wildman–Crippen MR) is 81.9 cm³/mol. The average Bonchev–Trinajstić information content (AvgIpc) is 2.55. The minimum Gasteiger partial charge on any atom is -0.495 e. The van der Waals surface area contributed by atoms with Gasteiger partial charge in [-0.25, -0.2) is 4.98 Å². The van der Waals surface area contributed by atoms with E-state index in [-0.39, 0.29) is 17.0 Å². The number of nitrogens with zero attached hydrogens (tertiary/aromatic N) is 1. The number of anilines is 1. The van der Waals surface area contributed by atoms with Gasteiger partial charge >= 0.3 is 0 Å². The van der Waals surface area contributed by atoms with Crippen LogP contribution in [-0.2, 0) is 4.79 Å². The van der Waals surface area contributed by atoms with Gasteiger partial charge in [-0.1, -0.05) is 11.6 Å². The van der Waals surface area contributed by atoms with Gasteiger partial charge in [-0.2, -0.15) is 0 Å². The molecule has 0 bridgehead atoms. The Labute approximate surface area is 132 Å². The molecule has 0 radical (unpaired) electrons. The van der Waals surface area contributed by atoms with Crippen molar-refractivity contribution < 1.29 is 19.1 Å². The Kier molecular flexibility index (Phi) is 4.95. The Morgan fingerprint density at radius 2 is 2.00 bits per heavy atom. The van der Waals surface area contributed by atoms with Crippen LogP contribution < -0.4 is 14.8 Å². The first-order valence-corrected chi connectivity index (χ1v) is 6.61. The van der Waals surface area contributed by atoms with E-state index in [0.717, 1.165) is 0 Å². The van der Waals surface area contributed by atoms with Crippen LogP contribution in [0.1, 0.15) is 15.9 Å². The molecule has 1 N–H and O–H groups in total. The van der Waals surface area contributed by atoms with Crippen LogP contribution in [0.15, 0.2) is 30.5 Å². The molecule has 114 valence electrons. The number of hydrogen-bond acceptors (Lipinski definition) is 5. The van der Waals surface area contributed by atoms with Crippen LogP contribution in [0, 0.1) is 0 Å². The number of nitrogens with one attached hydrogen (secondary N) is 1. The maximum atomic E-state index is 12.8. The van der Waals surface area contributed by atoms with Crippen LogP contribution in [0.4, 0.5) is 5.69 Å². The molecule has 0 atom stereocenters. The monoisotopic (exact) mass is 320 g/mol. The molecular formula is C15H13ClN2O4. The van der Waals surface area contributed by atoms with E-state index in [9.17, 15) is 9.59 Å². The van der Waals surface area contributed by atoms with Crippen molar-refractivity contribution in [3.05, 3.63) is 46.6 Å². The number of methoxy groups -OCH3 is 2. The van der Waals surface area contributed by atoms with Crippen molar-refractivity contribution in [1.82, 2.24) is 4.98 Å². The Morgan fingerprint density at radius 3 is 2.64 bits per heavy atom. The second-order valence-corrected chi connectivity index (χ2v) is 4.65. The molecule has 7 heteroatoms. The first-order chi connectivity index (χ1) is 10.6.